The van der Waals surface area contributed by atoms with Gasteiger partial charge in [0.2, 0.25) is 5.91 Å². The third kappa shape index (κ3) is 3.83. The van der Waals surface area contributed by atoms with Crippen LogP contribution in [0.5, 0.6) is 5.75 Å². The summed E-state index contributed by atoms with van der Waals surface area (Å²) in [5.41, 5.74) is 0. The fourth-order valence-electron chi connectivity index (χ4n) is 1.94. The summed E-state index contributed by atoms with van der Waals surface area (Å²) in [4.78, 5) is 13.2. The zero-order valence-corrected chi connectivity index (χ0v) is 11.1. The van der Waals surface area contributed by atoms with Crippen LogP contribution in [0, 0.1) is 0 Å². The Kier molecular flexibility index (Phi) is 4.63. The van der Waals surface area contributed by atoms with Crippen LogP contribution in [0.25, 0.3) is 0 Å². The highest BCUT2D eigenvalue weighted by Crippen LogP contribution is 2.17. The first-order valence-corrected chi connectivity index (χ1v) is 6.46. The van der Waals surface area contributed by atoms with Crippen LogP contribution in [-0.4, -0.2) is 52.9 Å². The van der Waals surface area contributed by atoms with E-state index in [4.69, 9.17) is 16.3 Å². The summed E-state index contributed by atoms with van der Waals surface area (Å²) >= 11 is 5.81. The van der Waals surface area contributed by atoms with Crippen LogP contribution in [0.2, 0.25) is 5.02 Å². The molecule has 104 valence electrons. The smallest absolute Gasteiger partial charge is 0.226 e. The Morgan fingerprint density at radius 2 is 2.05 bits per heavy atom. The van der Waals surface area contributed by atoms with Gasteiger partial charge in [0.25, 0.3) is 0 Å². The first-order valence-electron chi connectivity index (χ1n) is 6.08. The molecule has 0 radical (unpaired) electrons. The van der Waals surface area contributed by atoms with Crippen molar-refractivity contribution in [1.29, 1.82) is 0 Å². The van der Waals surface area contributed by atoms with Gasteiger partial charge in [-0.25, -0.2) is 0 Å². The number of carbonyl (C=O) groups excluding carboxylic acids is 1. The molecule has 1 saturated heterocycles. The summed E-state index contributed by atoms with van der Waals surface area (Å²) in [5.74, 6) is 0.472. The molecule has 0 aliphatic carbocycles. The van der Waals surface area contributed by atoms with Crippen molar-refractivity contribution in [2.45, 2.75) is 18.6 Å². The highest BCUT2D eigenvalue weighted by molar-refractivity contribution is 6.30. The molecule has 1 fully saturated rings. The van der Waals surface area contributed by atoms with Gasteiger partial charge in [-0.15, -0.1) is 0 Å². The molecule has 0 bridgehead atoms. The number of hydrogen-bond donors (Lipinski definition) is 2. The molecule has 5 nitrogen and oxygen atoms in total. The predicted octanol–water partition coefficient (Wildman–Crippen LogP) is 0.673. The Bertz CT molecular complexity index is 444. The Balaban J connectivity index is 1.75. The number of rotatable bonds is 4. The summed E-state index contributed by atoms with van der Waals surface area (Å²) < 4.78 is 5.41. The van der Waals surface area contributed by atoms with Gasteiger partial charge in [0, 0.05) is 18.1 Å². The third-order valence-corrected chi connectivity index (χ3v) is 3.23. The second-order valence-electron chi connectivity index (χ2n) is 4.49. The van der Waals surface area contributed by atoms with Gasteiger partial charge < -0.3 is 19.8 Å². The lowest BCUT2D eigenvalue weighted by Gasteiger charge is -2.15. The Labute approximate surface area is 116 Å². The van der Waals surface area contributed by atoms with Crippen molar-refractivity contribution in [2.75, 3.05) is 19.7 Å². The van der Waals surface area contributed by atoms with Gasteiger partial charge in [0.05, 0.1) is 25.2 Å². The van der Waals surface area contributed by atoms with E-state index in [2.05, 4.69) is 0 Å². The minimum absolute atomic E-state index is 0.141. The number of halogens is 1. The SMILES string of the molecule is O=C(CCOc1cccc(Cl)c1)N1CC(O)C(O)C1. The number of ether oxygens (including phenoxy) is 1. The number of aliphatic hydroxyl groups is 2. The van der Waals surface area contributed by atoms with Crippen molar-refractivity contribution >= 4 is 17.5 Å². The Morgan fingerprint density at radius 1 is 1.37 bits per heavy atom. The van der Waals surface area contributed by atoms with E-state index in [-0.39, 0.29) is 32.0 Å². The number of carbonyl (C=O) groups is 1. The molecule has 0 saturated carbocycles. The van der Waals surface area contributed by atoms with Gasteiger partial charge in [-0.2, -0.15) is 0 Å². The van der Waals surface area contributed by atoms with Crippen molar-refractivity contribution in [3.05, 3.63) is 29.3 Å². The van der Waals surface area contributed by atoms with Gasteiger partial charge in [-0.05, 0) is 18.2 Å². The average molecular weight is 286 g/mol. The summed E-state index contributed by atoms with van der Waals surface area (Å²) in [6.07, 6.45) is -1.50. The van der Waals surface area contributed by atoms with Gasteiger partial charge in [-0.1, -0.05) is 17.7 Å². The molecule has 1 heterocycles. The number of aliphatic hydroxyl groups excluding tert-OH is 2. The summed E-state index contributed by atoms with van der Waals surface area (Å²) in [6, 6.07) is 6.95. The molecule has 1 aliphatic rings. The number of likely N-dealkylation sites (tertiary alicyclic amines) is 1. The van der Waals surface area contributed by atoms with Crippen LogP contribution < -0.4 is 4.74 Å². The fraction of sp³-hybridized carbons (Fsp3) is 0.462. The summed E-state index contributed by atoms with van der Waals surface area (Å²) in [5, 5.41) is 19.3. The van der Waals surface area contributed by atoms with Crippen molar-refractivity contribution in [1.82, 2.24) is 4.90 Å². The molecular weight excluding hydrogens is 270 g/mol. The Morgan fingerprint density at radius 3 is 2.68 bits per heavy atom. The minimum atomic E-state index is -0.849. The molecule has 19 heavy (non-hydrogen) atoms. The van der Waals surface area contributed by atoms with Gasteiger partial charge in [-0.3, -0.25) is 4.79 Å². The molecule has 0 spiro atoms. The number of β-amino-alcohol motifs (C(OH)–C–C–N with tert-alkyl or cyclic N) is 2. The molecule has 1 aliphatic heterocycles. The minimum Gasteiger partial charge on any atom is -0.493 e. The molecule has 2 N–H and O–H groups in total. The van der Waals surface area contributed by atoms with Crippen molar-refractivity contribution in [3.8, 4) is 5.75 Å². The van der Waals surface area contributed by atoms with E-state index in [0.717, 1.165) is 0 Å². The lowest BCUT2D eigenvalue weighted by molar-refractivity contribution is -0.131. The third-order valence-electron chi connectivity index (χ3n) is 2.99. The number of hydrogen-bond acceptors (Lipinski definition) is 4. The van der Waals surface area contributed by atoms with Crippen LogP contribution in [0.4, 0.5) is 0 Å². The van der Waals surface area contributed by atoms with Crippen LogP contribution in [0.1, 0.15) is 6.42 Å². The van der Waals surface area contributed by atoms with E-state index in [1.807, 2.05) is 0 Å². The predicted molar refractivity (Wildman–Crippen MR) is 70.2 cm³/mol. The lowest BCUT2D eigenvalue weighted by atomic mass is 10.3. The van der Waals surface area contributed by atoms with E-state index >= 15 is 0 Å². The molecular formula is C13H16ClNO4. The molecule has 2 unspecified atom stereocenters. The Hall–Kier alpha value is -1.30. The zero-order valence-electron chi connectivity index (χ0n) is 10.3. The standard InChI is InChI=1S/C13H16ClNO4/c14-9-2-1-3-10(6-9)19-5-4-13(18)15-7-11(16)12(17)8-15/h1-3,6,11-12,16-17H,4-5,7-8H2. The second-order valence-corrected chi connectivity index (χ2v) is 4.93. The van der Waals surface area contributed by atoms with Crippen molar-refractivity contribution in [2.24, 2.45) is 0 Å². The average Bonchev–Trinajstić information content (AvgIpc) is 2.70. The quantitative estimate of drug-likeness (QED) is 0.853. The van der Waals surface area contributed by atoms with Crippen LogP contribution in [0.3, 0.4) is 0 Å². The largest absolute Gasteiger partial charge is 0.493 e. The maximum Gasteiger partial charge on any atom is 0.226 e. The van der Waals surface area contributed by atoms with Gasteiger partial charge in [0.15, 0.2) is 0 Å². The lowest BCUT2D eigenvalue weighted by Crippen LogP contribution is -2.30. The topological polar surface area (TPSA) is 70.0 Å². The molecule has 2 atom stereocenters. The number of nitrogens with zero attached hydrogens (tertiary/aromatic N) is 1. The molecule has 0 aromatic heterocycles. The molecule has 6 heteroatoms. The second kappa shape index (κ2) is 6.23. The maximum atomic E-state index is 11.8. The summed E-state index contributed by atoms with van der Waals surface area (Å²) in [6.45, 7) is 0.593. The summed E-state index contributed by atoms with van der Waals surface area (Å²) in [7, 11) is 0. The number of benzene rings is 1. The van der Waals surface area contributed by atoms with E-state index < -0.39 is 12.2 Å². The molecule has 1 amide bonds. The molecule has 1 aromatic carbocycles. The van der Waals surface area contributed by atoms with E-state index in [1.165, 1.54) is 4.90 Å². The molecule has 2 rings (SSSR count). The fourth-order valence-corrected chi connectivity index (χ4v) is 2.12. The monoisotopic (exact) mass is 285 g/mol. The van der Waals surface area contributed by atoms with Gasteiger partial charge >= 0.3 is 0 Å². The van der Waals surface area contributed by atoms with Crippen molar-refractivity contribution < 1.29 is 19.7 Å². The van der Waals surface area contributed by atoms with Crippen molar-refractivity contribution in [3.63, 3.8) is 0 Å². The highest BCUT2D eigenvalue weighted by atomic mass is 35.5. The van der Waals surface area contributed by atoms with E-state index in [9.17, 15) is 15.0 Å². The van der Waals surface area contributed by atoms with E-state index in [1.54, 1.807) is 24.3 Å². The zero-order chi connectivity index (χ0) is 13.8. The molecule has 1 aromatic rings. The maximum absolute atomic E-state index is 11.8. The normalized spacial score (nSPS) is 22.6. The van der Waals surface area contributed by atoms with E-state index in [0.29, 0.717) is 10.8 Å². The number of amides is 1. The first kappa shape index (κ1) is 14.1. The van der Waals surface area contributed by atoms with Crippen LogP contribution in [-0.2, 0) is 4.79 Å². The van der Waals surface area contributed by atoms with Crippen LogP contribution >= 0.6 is 11.6 Å². The highest BCUT2D eigenvalue weighted by Gasteiger charge is 2.32. The first-order chi connectivity index (χ1) is 9.06. The van der Waals surface area contributed by atoms with Crippen LogP contribution in [0.15, 0.2) is 24.3 Å². The van der Waals surface area contributed by atoms with Gasteiger partial charge in [0.1, 0.15) is 5.75 Å².